The average Bonchev–Trinajstić information content (AvgIpc) is 3.77. The van der Waals surface area contributed by atoms with Crippen molar-refractivity contribution in [2.24, 2.45) is 0 Å². The lowest BCUT2D eigenvalue weighted by atomic mass is 10.0. The van der Waals surface area contributed by atoms with Crippen molar-refractivity contribution in [2.75, 3.05) is 0 Å². The minimum atomic E-state index is 0.630. The predicted molar refractivity (Wildman–Crippen MR) is 205 cm³/mol. The SMILES string of the molecule is c1ccc(-c2cc(-c3cccc4oc5c(-c6nc(-c7ccccc7)c7sc8ccccc8c7n6)cccc5c34)nc(-c3ccccc3)n2)cc1. The molecule has 234 valence electrons. The van der Waals surface area contributed by atoms with Crippen LogP contribution in [0.1, 0.15) is 0 Å². The van der Waals surface area contributed by atoms with Crippen molar-refractivity contribution in [3.8, 4) is 56.5 Å². The second kappa shape index (κ2) is 11.6. The molecule has 6 heteroatoms. The Kier molecular flexibility index (Phi) is 6.60. The van der Waals surface area contributed by atoms with Crippen LogP contribution in [0.15, 0.2) is 162 Å². The largest absolute Gasteiger partial charge is 0.455 e. The van der Waals surface area contributed by atoms with Crippen LogP contribution in [0, 0.1) is 0 Å². The molecule has 0 spiro atoms. The summed E-state index contributed by atoms with van der Waals surface area (Å²) in [6.07, 6.45) is 0. The molecule has 10 rings (SSSR count). The van der Waals surface area contributed by atoms with E-state index in [1.807, 2.05) is 66.7 Å². The van der Waals surface area contributed by atoms with E-state index in [2.05, 4.69) is 91.0 Å². The first kappa shape index (κ1) is 28.5. The number of furan rings is 1. The number of nitrogens with zero attached hydrogens (tertiary/aromatic N) is 4. The van der Waals surface area contributed by atoms with E-state index in [-0.39, 0.29) is 0 Å². The van der Waals surface area contributed by atoms with E-state index in [1.165, 1.54) is 4.70 Å². The summed E-state index contributed by atoms with van der Waals surface area (Å²) in [4.78, 5) is 20.6. The van der Waals surface area contributed by atoms with Gasteiger partial charge >= 0.3 is 0 Å². The fourth-order valence-electron chi connectivity index (χ4n) is 6.80. The van der Waals surface area contributed by atoms with Gasteiger partial charge in [0.15, 0.2) is 11.6 Å². The number of hydrogen-bond donors (Lipinski definition) is 0. The van der Waals surface area contributed by atoms with Crippen LogP contribution in [-0.4, -0.2) is 19.9 Å². The van der Waals surface area contributed by atoms with Crippen LogP contribution >= 0.6 is 11.3 Å². The number of thiophene rings is 1. The number of aromatic nitrogens is 4. The number of para-hydroxylation sites is 1. The highest BCUT2D eigenvalue weighted by molar-refractivity contribution is 7.26. The van der Waals surface area contributed by atoms with Gasteiger partial charge in [0.1, 0.15) is 11.2 Å². The van der Waals surface area contributed by atoms with E-state index in [1.54, 1.807) is 11.3 Å². The van der Waals surface area contributed by atoms with Crippen molar-refractivity contribution < 1.29 is 4.42 Å². The highest BCUT2D eigenvalue weighted by atomic mass is 32.1. The molecule has 50 heavy (non-hydrogen) atoms. The van der Waals surface area contributed by atoms with Crippen molar-refractivity contribution in [1.82, 2.24) is 19.9 Å². The van der Waals surface area contributed by atoms with E-state index >= 15 is 0 Å². The molecular formula is C44H26N4OS. The Morgan fingerprint density at radius 3 is 1.90 bits per heavy atom. The molecule has 4 aromatic heterocycles. The van der Waals surface area contributed by atoms with Gasteiger partial charge in [-0.1, -0.05) is 133 Å². The van der Waals surface area contributed by atoms with Gasteiger partial charge in [-0.25, -0.2) is 19.9 Å². The summed E-state index contributed by atoms with van der Waals surface area (Å²) in [5.41, 5.74) is 9.93. The first-order chi connectivity index (χ1) is 24.8. The van der Waals surface area contributed by atoms with Crippen molar-refractivity contribution >= 4 is 53.6 Å². The molecule has 0 unspecified atom stereocenters. The predicted octanol–water partition coefficient (Wildman–Crippen LogP) is 11.9. The lowest BCUT2D eigenvalue weighted by Gasteiger charge is -2.10. The smallest absolute Gasteiger partial charge is 0.164 e. The highest BCUT2D eigenvalue weighted by Gasteiger charge is 2.22. The zero-order valence-corrected chi connectivity index (χ0v) is 27.4. The van der Waals surface area contributed by atoms with Crippen LogP contribution in [0.25, 0.3) is 98.8 Å². The number of rotatable bonds is 5. The maximum Gasteiger partial charge on any atom is 0.164 e. The maximum atomic E-state index is 6.74. The summed E-state index contributed by atoms with van der Waals surface area (Å²) in [6.45, 7) is 0. The number of fused-ring (bicyclic) bond motifs is 6. The maximum absolute atomic E-state index is 6.74. The van der Waals surface area contributed by atoms with E-state index in [9.17, 15) is 0 Å². The molecule has 0 amide bonds. The van der Waals surface area contributed by atoms with Crippen LogP contribution < -0.4 is 0 Å². The third-order valence-corrected chi connectivity index (χ3v) is 10.3. The zero-order valence-electron chi connectivity index (χ0n) is 26.6. The van der Waals surface area contributed by atoms with Crippen molar-refractivity contribution in [1.29, 1.82) is 0 Å². The molecule has 0 aliphatic heterocycles. The molecule has 0 aliphatic rings. The summed E-state index contributed by atoms with van der Waals surface area (Å²) in [5, 5.41) is 3.10. The Hall–Kier alpha value is -6.50. The van der Waals surface area contributed by atoms with Crippen molar-refractivity contribution in [3.63, 3.8) is 0 Å². The third kappa shape index (κ3) is 4.69. The summed E-state index contributed by atoms with van der Waals surface area (Å²) in [6, 6.07) is 53.6. The van der Waals surface area contributed by atoms with Gasteiger partial charge < -0.3 is 4.42 Å². The quantitative estimate of drug-likeness (QED) is 0.184. The van der Waals surface area contributed by atoms with Crippen molar-refractivity contribution in [2.45, 2.75) is 0 Å². The van der Waals surface area contributed by atoms with Gasteiger partial charge in [-0.05, 0) is 24.3 Å². The number of hydrogen-bond acceptors (Lipinski definition) is 6. The lowest BCUT2D eigenvalue weighted by molar-refractivity contribution is 0.669. The molecule has 4 heterocycles. The van der Waals surface area contributed by atoms with Gasteiger partial charge in [-0.15, -0.1) is 11.3 Å². The lowest BCUT2D eigenvalue weighted by Crippen LogP contribution is -1.96. The van der Waals surface area contributed by atoms with Gasteiger partial charge in [-0.2, -0.15) is 0 Å². The second-order valence-corrected chi connectivity index (χ2v) is 13.2. The molecule has 0 saturated carbocycles. The Morgan fingerprint density at radius 2 is 1.10 bits per heavy atom. The molecule has 0 atom stereocenters. The molecule has 0 saturated heterocycles. The molecule has 0 radical (unpaired) electrons. The van der Waals surface area contributed by atoms with E-state index in [0.717, 1.165) is 82.4 Å². The average molecular weight is 659 g/mol. The van der Waals surface area contributed by atoms with E-state index in [0.29, 0.717) is 11.6 Å². The third-order valence-electron chi connectivity index (χ3n) is 9.13. The molecule has 0 aliphatic carbocycles. The Bertz CT molecular complexity index is 2810. The van der Waals surface area contributed by atoms with Crippen LogP contribution in [0.2, 0.25) is 0 Å². The standard InChI is InChI=1S/C44H26N4OS/c1-4-14-27(15-5-1)34-26-35(46-43(45-34)29-18-8-3-9-19-29)30-21-13-24-36-38(30)32-22-12-23-33(41(32)49-36)44-47-39(28-16-6-2-7-17-28)42-40(48-44)31-20-10-11-25-37(31)50-42/h1-26H. The fraction of sp³-hybridized carbons (Fsp3) is 0. The molecular weight excluding hydrogens is 633 g/mol. The minimum absolute atomic E-state index is 0.630. The summed E-state index contributed by atoms with van der Waals surface area (Å²) in [5.74, 6) is 1.30. The van der Waals surface area contributed by atoms with Gasteiger partial charge in [0.05, 0.1) is 32.9 Å². The van der Waals surface area contributed by atoms with Crippen LogP contribution in [-0.2, 0) is 0 Å². The summed E-state index contributed by atoms with van der Waals surface area (Å²) >= 11 is 1.73. The molecule has 0 N–H and O–H groups in total. The van der Waals surface area contributed by atoms with Crippen LogP contribution in [0.5, 0.6) is 0 Å². The molecule has 6 aromatic carbocycles. The Morgan fingerprint density at radius 1 is 0.460 bits per heavy atom. The topological polar surface area (TPSA) is 64.7 Å². The van der Waals surface area contributed by atoms with Crippen molar-refractivity contribution in [3.05, 3.63) is 158 Å². The Labute approximate surface area is 291 Å². The van der Waals surface area contributed by atoms with Crippen LogP contribution in [0.3, 0.4) is 0 Å². The number of benzene rings is 6. The van der Waals surface area contributed by atoms with Gasteiger partial charge in [0, 0.05) is 43.1 Å². The molecule has 10 aromatic rings. The fourth-order valence-corrected chi connectivity index (χ4v) is 7.95. The first-order valence-electron chi connectivity index (χ1n) is 16.5. The Balaban J connectivity index is 1.21. The molecule has 5 nitrogen and oxygen atoms in total. The molecule has 0 fully saturated rings. The highest BCUT2D eigenvalue weighted by Crippen LogP contribution is 2.43. The van der Waals surface area contributed by atoms with Gasteiger partial charge in [0.25, 0.3) is 0 Å². The zero-order chi connectivity index (χ0) is 33.0. The van der Waals surface area contributed by atoms with E-state index < -0.39 is 0 Å². The summed E-state index contributed by atoms with van der Waals surface area (Å²) < 4.78 is 9.00. The first-order valence-corrected chi connectivity index (χ1v) is 17.3. The summed E-state index contributed by atoms with van der Waals surface area (Å²) in [7, 11) is 0. The molecule has 0 bridgehead atoms. The second-order valence-electron chi connectivity index (χ2n) is 12.2. The van der Waals surface area contributed by atoms with Gasteiger partial charge in [0.2, 0.25) is 0 Å². The van der Waals surface area contributed by atoms with Gasteiger partial charge in [-0.3, -0.25) is 0 Å². The van der Waals surface area contributed by atoms with E-state index in [4.69, 9.17) is 24.4 Å². The normalized spacial score (nSPS) is 11.6. The minimum Gasteiger partial charge on any atom is -0.455 e. The van der Waals surface area contributed by atoms with Crippen LogP contribution in [0.4, 0.5) is 0 Å². The monoisotopic (exact) mass is 658 g/mol.